The summed E-state index contributed by atoms with van der Waals surface area (Å²) in [6.45, 7) is 5.51. The van der Waals surface area contributed by atoms with Gasteiger partial charge in [0.05, 0.1) is 6.54 Å². The van der Waals surface area contributed by atoms with Gasteiger partial charge >= 0.3 is 0 Å². The molecule has 1 fully saturated rings. The third-order valence-corrected chi connectivity index (χ3v) is 5.88. The Morgan fingerprint density at radius 2 is 1.93 bits per heavy atom. The first-order valence-electron chi connectivity index (χ1n) is 9.61. The van der Waals surface area contributed by atoms with Crippen LogP contribution < -0.4 is 5.32 Å². The van der Waals surface area contributed by atoms with Crippen LogP contribution in [0, 0.1) is 6.92 Å². The number of carbonyl (C=O) groups excluding carboxylic acids is 1. The minimum Gasteiger partial charge on any atom is -0.310 e. The number of hydrogen-bond donors (Lipinski definition) is 1. The lowest BCUT2D eigenvalue weighted by molar-refractivity contribution is -0.117. The van der Waals surface area contributed by atoms with E-state index < -0.39 is 0 Å². The van der Waals surface area contributed by atoms with Crippen LogP contribution in [0.4, 0.5) is 10.2 Å². The first kappa shape index (κ1) is 19.8. The highest BCUT2D eigenvalue weighted by atomic mass is 32.1. The fourth-order valence-corrected chi connectivity index (χ4v) is 4.12. The number of fused-ring (bicyclic) bond motifs is 1. The molecule has 1 N–H and O–H groups in total. The van der Waals surface area contributed by atoms with Gasteiger partial charge in [0.1, 0.15) is 22.5 Å². The van der Waals surface area contributed by atoms with Crippen molar-refractivity contribution in [3.05, 3.63) is 35.5 Å². The van der Waals surface area contributed by atoms with E-state index in [0.29, 0.717) is 18.9 Å². The normalized spacial score (nSPS) is 15.7. The van der Waals surface area contributed by atoms with E-state index in [0.717, 1.165) is 52.5 Å². The van der Waals surface area contributed by atoms with Crippen LogP contribution in [0.25, 0.3) is 21.3 Å². The second kappa shape index (κ2) is 8.89. The van der Waals surface area contributed by atoms with Crippen molar-refractivity contribution < 1.29 is 9.18 Å². The summed E-state index contributed by atoms with van der Waals surface area (Å²) in [5, 5.41) is 14.9. The maximum Gasteiger partial charge on any atom is 0.239 e. The van der Waals surface area contributed by atoms with Crippen LogP contribution in [-0.2, 0) is 4.79 Å². The molecule has 7 nitrogen and oxygen atoms in total. The Labute approximate surface area is 172 Å². The number of hydrogen-bond acceptors (Lipinski definition) is 7. The van der Waals surface area contributed by atoms with Gasteiger partial charge in [-0.25, -0.2) is 9.37 Å². The van der Waals surface area contributed by atoms with Gasteiger partial charge in [0.15, 0.2) is 0 Å². The zero-order valence-electron chi connectivity index (χ0n) is 16.3. The molecule has 0 bridgehead atoms. The number of piperazine rings is 1. The van der Waals surface area contributed by atoms with Crippen LogP contribution in [0.5, 0.6) is 0 Å². The summed E-state index contributed by atoms with van der Waals surface area (Å²) < 4.78 is 12.4. The van der Waals surface area contributed by atoms with Crippen molar-refractivity contribution in [2.24, 2.45) is 0 Å². The quantitative estimate of drug-likeness (QED) is 0.668. The molecule has 1 aliphatic heterocycles. The molecule has 29 heavy (non-hydrogen) atoms. The van der Waals surface area contributed by atoms with Crippen LogP contribution in [0.2, 0.25) is 0 Å². The summed E-state index contributed by atoms with van der Waals surface area (Å²) in [7, 11) is 0. The number of rotatable bonds is 6. The number of anilines is 1. The highest BCUT2D eigenvalue weighted by molar-refractivity contribution is 7.14. The molecule has 2 aromatic heterocycles. The standard InChI is InChI=1S/C20H23FN6OS/c1-14-24-25-20(29-14)15-2-3-16-12-22-18(11-17(16)10-15)23-19(28)13-27-8-6-26(5-4-21)7-9-27/h2-3,10-12H,4-9,13H2,1H3,(H,22,23,28). The van der Waals surface area contributed by atoms with E-state index in [2.05, 4.69) is 30.3 Å². The molecular formula is C20H23FN6OS. The number of nitrogens with one attached hydrogen (secondary N) is 1. The molecular weight excluding hydrogens is 391 g/mol. The highest BCUT2D eigenvalue weighted by Gasteiger charge is 2.19. The molecule has 0 atom stereocenters. The Balaban J connectivity index is 1.40. The third kappa shape index (κ3) is 4.92. The number of benzene rings is 1. The van der Waals surface area contributed by atoms with Crippen molar-refractivity contribution in [1.82, 2.24) is 25.0 Å². The van der Waals surface area contributed by atoms with Gasteiger partial charge in [0, 0.05) is 49.9 Å². The molecule has 1 aromatic carbocycles. The van der Waals surface area contributed by atoms with Gasteiger partial charge in [0.2, 0.25) is 5.91 Å². The fourth-order valence-electron chi connectivity index (χ4n) is 3.43. The Morgan fingerprint density at radius 1 is 1.14 bits per heavy atom. The molecule has 3 heterocycles. The number of pyridine rings is 1. The average molecular weight is 415 g/mol. The van der Waals surface area contributed by atoms with Crippen molar-refractivity contribution >= 4 is 33.8 Å². The number of halogens is 1. The van der Waals surface area contributed by atoms with E-state index in [-0.39, 0.29) is 12.6 Å². The molecule has 1 saturated heterocycles. The number of amides is 1. The van der Waals surface area contributed by atoms with Gasteiger partial charge in [-0.1, -0.05) is 23.5 Å². The Bertz CT molecular complexity index is 1000. The predicted molar refractivity (Wildman–Crippen MR) is 113 cm³/mol. The van der Waals surface area contributed by atoms with E-state index in [1.165, 1.54) is 0 Å². The molecule has 9 heteroatoms. The van der Waals surface area contributed by atoms with Gasteiger partial charge in [-0.2, -0.15) is 0 Å². The molecule has 0 saturated carbocycles. The largest absolute Gasteiger partial charge is 0.310 e. The number of alkyl halides is 1. The smallest absolute Gasteiger partial charge is 0.239 e. The summed E-state index contributed by atoms with van der Waals surface area (Å²) in [5.41, 5.74) is 0.998. The minimum atomic E-state index is -0.325. The Morgan fingerprint density at radius 3 is 2.66 bits per heavy atom. The molecule has 0 aliphatic carbocycles. The topological polar surface area (TPSA) is 74.2 Å². The molecule has 1 amide bonds. The SMILES string of the molecule is Cc1nnc(-c2ccc3cnc(NC(=O)CN4CCN(CCF)CC4)cc3c2)s1. The van der Waals surface area contributed by atoms with Crippen molar-refractivity contribution in [2.45, 2.75) is 6.92 Å². The Kier molecular flexibility index (Phi) is 6.08. The van der Waals surface area contributed by atoms with Gasteiger partial charge in [-0.15, -0.1) is 10.2 Å². The van der Waals surface area contributed by atoms with Crippen LogP contribution in [-0.4, -0.2) is 76.8 Å². The molecule has 0 unspecified atom stereocenters. The van der Waals surface area contributed by atoms with E-state index >= 15 is 0 Å². The molecule has 3 aromatic rings. The zero-order chi connectivity index (χ0) is 20.2. The highest BCUT2D eigenvalue weighted by Crippen LogP contribution is 2.27. The molecule has 0 spiro atoms. The van der Waals surface area contributed by atoms with Crippen molar-refractivity contribution in [1.29, 1.82) is 0 Å². The summed E-state index contributed by atoms with van der Waals surface area (Å²) >= 11 is 1.55. The lowest BCUT2D eigenvalue weighted by Gasteiger charge is -2.33. The number of aromatic nitrogens is 3. The third-order valence-electron chi connectivity index (χ3n) is 5.00. The van der Waals surface area contributed by atoms with Gasteiger partial charge < -0.3 is 5.32 Å². The zero-order valence-corrected chi connectivity index (χ0v) is 17.1. The monoisotopic (exact) mass is 414 g/mol. The summed E-state index contributed by atoms with van der Waals surface area (Å²) in [5.74, 6) is 0.441. The Hall–Kier alpha value is -2.49. The van der Waals surface area contributed by atoms with Gasteiger partial charge in [-0.05, 0) is 24.4 Å². The van der Waals surface area contributed by atoms with Crippen LogP contribution in [0.15, 0.2) is 30.5 Å². The van der Waals surface area contributed by atoms with E-state index in [1.807, 2.05) is 31.2 Å². The fraction of sp³-hybridized carbons (Fsp3) is 0.400. The maximum atomic E-state index is 12.4. The first-order valence-corrected chi connectivity index (χ1v) is 10.4. The molecule has 4 rings (SSSR count). The van der Waals surface area contributed by atoms with Crippen LogP contribution in [0.3, 0.4) is 0 Å². The molecule has 1 aliphatic rings. The van der Waals surface area contributed by atoms with E-state index in [4.69, 9.17) is 0 Å². The minimum absolute atomic E-state index is 0.0910. The molecule has 152 valence electrons. The first-order chi connectivity index (χ1) is 14.1. The van der Waals surface area contributed by atoms with E-state index in [9.17, 15) is 9.18 Å². The average Bonchev–Trinajstić information content (AvgIpc) is 3.15. The second-order valence-corrected chi connectivity index (χ2v) is 8.29. The van der Waals surface area contributed by atoms with Gasteiger partial charge in [0.25, 0.3) is 0 Å². The molecule has 0 radical (unpaired) electrons. The number of aryl methyl sites for hydroxylation is 1. The van der Waals surface area contributed by atoms with E-state index in [1.54, 1.807) is 17.5 Å². The summed E-state index contributed by atoms with van der Waals surface area (Å²) in [4.78, 5) is 21.0. The van der Waals surface area contributed by atoms with Crippen LogP contribution in [0.1, 0.15) is 5.01 Å². The van der Waals surface area contributed by atoms with Crippen molar-refractivity contribution in [3.63, 3.8) is 0 Å². The number of carbonyl (C=O) groups is 1. The lowest BCUT2D eigenvalue weighted by atomic mass is 10.1. The predicted octanol–water partition coefficient (Wildman–Crippen LogP) is 2.59. The second-order valence-electron chi connectivity index (χ2n) is 7.11. The van der Waals surface area contributed by atoms with Crippen LogP contribution >= 0.6 is 11.3 Å². The number of nitrogens with zero attached hydrogens (tertiary/aromatic N) is 5. The van der Waals surface area contributed by atoms with Crippen molar-refractivity contribution in [3.8, 4) is 10.6 Å². The maximum absolute atomic E-state index is 12.4. The summed E-state index contributed by atoms with van der Waals surface area (Å²) in [6, 6.07) is 7.92. The van der Waals surface area contributed by atoms with Gasteiger partial charge in [-0.3, -0.25) is 14.6 Å². The summed E-state index contributed by atoms with van der Waals surface area (Å²) in [6.07, 6.45) is 1.76. The lowest BCUT2D eigenvalue weighted by Crippen LogP contribution is -2.49. The van der Waals surface area contributed by atoms with Crippen molar-refractivity contribution in [2.75, 3.05) is 51.3 Å².